The zero-order chi connectivity index (χ0) is 17.7. The molecule has 0 radical (unpaired) electrons. The number of carbonyl (C=O) groups excluding carboxylic acids is 1. The molecule has 0 aliphatic rings. The van der Waals surface area contributed by atoms with Gasteiger partial charge in [0.25, 0.3) is 0 Å². The molecule has 0 unspecified atom stereocenters. The SMILES string of the molecule is CCN(CC)c1ccc(/C=C/C(=O)c2ccc(Cl)cc2Cl)c(O)c1. The van der Waals surface area contributed by atoms with E-state index in [1.54, 1.807) is 30.3 Å². The van der Waals surface area contributed by atoms with Crippen LogP contribution in [0.25, 0.3) is 6.08 Å². The van der Waals surface area contributed by atoms with Gasteiger partial charge in [0.1, 0.15) is 5.75 Å². The Hall–Kier alpha value is -1.97. The van der Waals surface area contributed by atoms with Gasteiger partial charge in [-0.1, -0.05) is 23.2 Å². The van der Waals surface area contributed by atoms with Crippen LogP contribution in [-0.2, 0) is 0 Å². The maximum Gasteiger partial charge on any atom is 0.187 e. The molecule has 0 fully saturated rings. The zero-order valence-electron chi connectivity index (χ0n) is 13.6. The smallest absolute Gasteiger partial charge is 0.187 e. The summed E-state index contributed by atoms with van der Waals surface area (Å²) < 4.78 is 0. The molecule has 2 aromatic rings. The number of benzene rings is 2. The van der Waals surface area contributed by atoms with E-state index in [-0.39, 0.29) is 11.5 Å². The van der Waals surface area contributed by atoms with Crippen molar-refractivity contribution < 1.29 is 9.90 Å². The van der Waals surface area contributed by atoms with Gasteiger partial charge in [-0.2, -0.15) is 0 Å². The number of rotatable bonds is 6. The van der Waals surface area contributed by atoms with E-state index >= 15 is 0 Å². The lowest BCUT2D eigenvalue weighted by Gasteiger charge is -2.21. The summed E-state index contributed by atoms with van der Waals surface area (Å²) in [5.41, 5.74) is 1.89. The highest BCUT2D eigenvalue weighted by molar-refractivity contribution is 6.37. The molecule has 0 aliphatic carbocycles. The number of phenolic OH excluding ortho intramolecular Hbond substituents is 1. The number of phenols is 1. The third-order valence-corrected chi connectivity index (χ3v) is 4.30. The molecule has 0 aliphatic heterocycles. The Bertz CT molecular complexity index is 768. The lowest BCUT2D eigenvalue weighted by atomic mass is 10.1. The summed E-state index contributed by atoms with van der Waals surface area (Å²) in [4.78, 5) is 14.4. The second kappa shape index (κ2) is 8.22. The normalized spacial score (nSPS) is 11.0. The maximum absolute atomic E-state index is 12.2. The Kier molecular flexibility index (Phi) is 6.29. The number of ketones is 1. The van der Waals surface area contributed by atoms with Gasteiger partial charge in [0.05, 0.1) is 5.02 Å². The lowest BCUT2D eigenvalue weighted by Crippen LogP contribution is -2.21. The highest BCUT2D eigenvalue weighted by Crippen LogP contribution is 2.26. The van der Waals surface area contributed by atoms with Gasteiger partial charge >= 0.3 is 0 Å². The van der Waals surface area contributed by atoms with Gasteiger partial charge in [-0.25, -0.2) is 0 Å². The molecule has 5 heteroatoms. The highest BCUT2D eigenvalue weighted by Gasteiger charge is 2.09. The highest BCUT2D eigenvalue weighted by atomic mass is 35.5. The minimum Gasteiger partial charge on any atom is -0.507 e. The van der Waals surface area contributed by atoms with Gasteiger partial charge in [-0.3, -0.25) is 4.79 Å². The van der Waals surface area contributed by atoms with Crippen LogP contribution in [0.5, 0.6) is 5.75 Å². The molecular weight excluding hydrogens is 345 g/mol. The molecule has 0 aromatic heterocycles. The standard InChI is InChI=1S/C19H19Cl2NO2/c1-3-22(4-2)15-8-5-13(19(24)12-15)6-10-18(23)16-9-7-14(20)11-17(16)21/h5-12,24H,3-4H2,1-2H3/b10-6+. The molecule has 24 heavy (non-hydrogen) atoms. The number of hydrogen-bond donors (Lipinski definition) is 1. The molecule has 1 N–H and O–H groups in total. The third-order valence-electron chi connectivity index (χ3n) is 3.75. The van der Waals surface area contributed by atoms with Crippen molar-refractivity contribution in [1.29, 1.82) is 0 Å². The van der Waals surface area contributed by atoms with Crippen molar-refractivity contribution in [3.05, 3.63) is 63.6 Å². The van der Waals surface area contributed by atoms with E-state index in [2.05, 4.69) is 18.7 Å². The molecule has 0 heterocycles. The molecule has 2 aromatic carbocycles. The van der Waals surface area contributed by atoms with Crippen molar-refractivity contribution in [3.63, 3.8) is 0 Å². The number of anilines is 1. The van der Waals surface area contributed by atoms with Crippen molar-refractivity contribution in [3.8, 4) is 5.75 Å². The molecule has 2 rings (SSSR count). The number of hydrogen-bond acceptors (Lipinski definition) is 3. The largest absolute Gasteiger partial charge is 0.507 e. The molecule has 126 valence electrons. The molecule has 0 bridgehead atoms. The predicted octanol–water partition coefficient (Wildman–Crippen LogP) is 5.44. The van der Waals surface area contributed by atoms with E-state index < -0.39 is 0 Å². The first-order valence-electron chi connectivity index (χ1n) is 7.71. The van der Waals surface area contributed by atoms with Crippen molar-refractivity contribution in [2.24, 2.45) is 0 Å². The van der Waals surface area contributed by atoms with Crippen LogP contribution in [0.2, 0.25) is 10.0 Å². The van der Waals surface area contributed by atoms with E-state index in [1.165, 1.54) is 12.1 Å². The van der Waals surface area contributed by atoms with E-state index in [0.717, 1.165) is 18.8 Å². The van der Waals surface area contributed by atoms with Crippen LogP contribution in [0, 0.1) is 0 Å². The average molecular weight is 364 g/mol. The average Bonchev–Trinajstić information content (AvgIpc) is 2.55. The zero-order valence-corrected chi connectivity index (χ0v) is 15.1. The van der Waals surface area contributed by atoms with E-state index in [0.29, 0.717) is 21.2 Å². The lowest BCUT2D eigenvalue weighted by molar-refractivity contribution is 0.104. The van der Waals surface area contributed by atoms with Crippen LogP contribution < -0.4 is 4.90 Å². The van der Waals surface area contributed by atoms with Crippen molar-refractivity contribution >= 4 is 40.7 Å². The first-order chi connectivity index (χ1) is 11.5. The van der Waals surface area contributed by atoms with Crippen LogP contribution in [-0.4, -0.2) is 24.0 Å². The fourth-order valence-corrected chi connectivity index (χ4v) is 2.90. The van der Waals surface area contributed by atoms with Crippen LogP contribution >= 0.6 is 23.2 Å². The molecule has 0 amide bonds. The number of aromatic hydroxyl groups is 1. The summed E-state index contributed by atoms with van der Waals surface area (Å²) in [6.07, 6.45) is 2.97. The summed E-state index contributed by atoms with van der Waals surface area (Å²) >= 11 is 11.9. The molecule has 0 saturated heterocycles. The van der Waals surface area contributed by atoms with Crippen LogP contribution in [0.1, 0.15) is 29.8 Å². The number of carbonyl (C=O) groups is 1. The summed E-state index contributed by atoms with van der Waals surface area (Å²) in [7, 11) is 0. The summed E-state index contributed by atoms with van der Waals surface area (Å²) in [6.45, 7) is 5.84. The first kappa shape index (κ1) is 18.4. The van der Waals surface area contributed by atoms with Gasteiger partial charge in [0.2, 0.25) is 0 Å². The third kappa shape index (κ3) is 4.31. The summed E-state index contributed by atoms with van der Waals surface area (Å²) in [5.74, 6) is -0.116. The van der Waals surface area contributed by atoms with Crippen molar-refractivity contribution in [1.82, 2.24) is 0 Å². The Morgan fingerprint density at radius 3 is 2.42 bits per heavy atom. The fraction of sp³-hybridized carbons (Fsp3) is 0.211. The summed E-state index contributed by atoms with van der Waals surface area (Å²) in [5, 5.41) is 11.0. The number of allylic oxidation sites excluding steroid dienone is 1. The van der Waals surface area contributed by atoms with E-state index in [9.17, 15) is 9.90 Å². The minimum atomic E-state index is -0.246. The molecule has 3 nitrogen and oxygen atoms in total. The van der Waals surface area contributed by atoms with Crippen LogP contribution in [0.4, 0.5) is 5.69 Å². The monoisotopic (exact) mass is 363 g/mol. The number of nitrogens with zero attached hydrogens (tertiary/aromatic N) is 1. The molecule has 0 saturated carbocycles. The molecular formula is C19H19Cl2NO2. The minimum absolute atomic E-state index is 0.130. The van der Waals surface area contributed by atoms with Gasteiger partial charge in [-0.05, 0) is 56.3 Å². The second-order valence-corrected chi connectivity index (χ2v) is 6.08. The summed E-state index contributed by atoms with van der Waals surface area (Å²) in [6, 6.07) is 10.1. The number of halogens is 2. The maximum atomic E-state index is 12.2. The van der Waals surface area contributed by atoms with Crippen molar-refractivity contribution in [2.45, 2.75) is 13.8 Å². The van der Waals surface area contributed by atoms with Crippen LogP contribution in [0.15, 0.2) is 42.5 Å². The van der Waals surface area contributed by atoms with Gasteiger partial charge in [0.15, 0.2) is 5.78 Å². The Balaban J connectivity index is 2.21. The molecule has 0 atom stereocenters. The Labute approximate surface area is 152 Å². The topological polar surface area (TPSA) is 40.5 Å². The van der Waals surface area contributed by atoms with Gasteiger partial charge in [0, 0.05) is 41.0 Å². The van der Waals surface area contributed by atoms with Crippen molar-refractivity contribution in [2.75, 3.05) is 18.0 Å². The van der Waals surface area contributed by atoms with Gasteiger partial charge < -0.3 is 10.0 Å². The predicted molar refractivity (Wildman–Crippen MR) is 101 cm³/mol. The fourth-order valence-electron chi connectivity index (χ4n) is 2.40. The van der Waals surface area contributed by atoms with E-state index in [1.807, 2.05) is 6.07 Å². The molecule has 0 spiro atoms. The quantitative estimate of drug-likeness (QED) is 0.548. The van der Waals surface area contributed by atoms with Gasteiger partial charge in [-0.15, -0.1) is 0 Å². The van der Waals surface area contributed by atoms with E-state index in [4.69, 9.17) is 23.2 Å². The Morgan fingerprint density at radius 1 is 1.12 bits per heavy atom. The Morgan fingerprint density at radius 2 is 1.83 bits per heavy atom. The second-order valence-electron chi connectivity index (χ2n) is 5.24. The first-order valence-corrected chi connectivity index (χ1v) is 8.47. The van der Waals surface area contributed by atoms with Crippen LogP contribution in [0.3, 0.4) is 0 Å².